The molecule has 0 radical (unpaired) electrons. The molecule has 0 fully saturated rings. The number of methoxy groups -OCH3 is 1. The minimum Gasteiger partial charge on any atom is -0.394 e. The fourth-order valence-corrected chi connectivity index (χ4v) is 0.964. The monoisotopic (exact) mass is 191 g/mol. The van der Waals surface area contributed by atoms with Crippen LogP contribution in [0.25, 0.3) is 0 Å². The van der Waals surface area contributed by atoms with Gasteiger partial charge in [-0.05, 0) is 14.0 Å². The number of hydrogen-bond donors (Lipinski definition) is 1. The minimum absolute atomic E-state index is 0.0946. The first-order valence-corrected chi connectivity index (χ1v) is 4.60. The van der Waals surface area contributed by atoms with Gasteiger partial charge < -0.3 is 14.6 Å². The molecule has 0 aromatic carbocycles. The number of likely N-dealkylation sites (N-methyl/N-ethyl adjacent to an activating group) is 1. The second-order valence-electron chi connectivity index (χ2n) is 3.12. The van der Waals surface area contributed by atoms with Crippen LogP contribution in [0.5, 0.6) is 0 Å². The predicted octanol–water partition coefficient (Wildman–Crippen LogP) is -0.0380. The van der Waals surface area contributed by atoms with Gasteiger partial charge in [-0.25, -0.2) is 0 Å². The van der Waals surface area contributed by atoms with Crippen LogP contribution in [0, 0.1) is 0 Å². The third-order valence-corrected chi connectivity index (χ3v) is 1.98. The van der Waals surface area contributed by atoms with Gasteiger partial charge in [0.05, 0.1) is 26.4 Å². The highest BCUT2D eigenvalue weighted by molar-refractivity contribution is 4.61. The van der Waals surface area contributed by atoms with E-state index in [9.17, 15) is 0 Å². The Hall–Kier alpha value is -0.160. The quantitative estimate of drug-likeness (QED) is 0.547. The third kappa shape index (κ3) is 6.95. The summed E-state index contributed by atoms with van der Waals surface area (Å²) in [6.45, 7) is 4.88. The molecule has 0 saturated heterocycles. The van der Waals surface area contributed by atoms with Gasteiger partial charge in [-0.2, -0.15) is 0 Å². The Morgan fingerprint density at radius 1 is 1.38 bits per heavy atom. The maximum Gasteiger partial charge on any atom is 0.0698 e. The van der Waals surface area contributed by atoms with Gasteiger partial charge in [0.25, 0.3) is 0 Å². The molecule has 13 heavy (non-hydrogen) atoms. The van der Waals surface area contributed by atoms with E-state index in [1.54, 1.807) is 7.11 Å². The molecule has 0 aromatic heterocycles. The second kappa shape index (κ2) is 8.44. The van der Waals surface area contributed by atoms with Gasteiger partial charge in [0.1, 0.15) is 0 Å². The molecule has 0 bridgehead atoms. The molecule has 0 saturated carbocycles. The second-order valence-corrected chi connectivity index (χ2v) is 3.12. The van der Waals surface area contributed by atoms with E-state index >= 15 is 0 Å². The zero-order chi connectivity index (χ0) is 10.1. The van der Waals surface area contributed by atoms with Crippen LogP contribution in [-0.2, 0) is 9.47 Å². The number of ether oxygens (including phenoxy) is 2. The van der Waals surface area contributed by atoms with Crippen LogP contribution in [0.2, 0.25) is 0 Å². The molecule has 4 heteroatoms. The van der Waals surface area contributed by atoms with E-state index in [-0.39, 0.29) is 6.61 Å². The summed E-state index contributed by atoms with van der Waals surface area (Å²) in [4.78, 5) is 2.17. The fraction of sp³-hybridized carbons (Fsp3) is 1.00. The number of nitrogens with zero attached hydrogens (tertiary/aromatic N) is 1. The largest absolute Gasteiger partial charge is 0.394 e. The molecule has 0 heterocycles. The Bertz CT molecular complexity index is 111. The average molecular weight is 191 g/mol. The first kappa shape index (κ1) is 12.8. The number of hydrogen-bond acceptors (Lipinski definition) is 4. The van der Waals surface area contributed by atoms with E-state index in [1.165, 1.54) is 0 Å². The molecule has 0 spiro atoms. The highest BCUT2D eigenvalue weighted by atomic mass is 16.5. The van der Waals surface area contributed by atoms with Crippen LogP contribution in [0.15, 0.2) is 0 Å². The molecular formula is C9H21NO3. The van der Waals surface area contributed by atoms with Crippen molar-refractivity contribution in [1.82, 2.24) is 4.90 Å². The van der Waals surface area contributed by atoms with Crippen LogP contribution in [-0.4, -0.2) is 63.2 Å². The molecule has 0 aliphatic carbocycles. The zero-order valence-electron chi connectivity index (χ0n) is 8.82. The van der Waals surface area contributed by atoms with Gasteiger partial charge in [-0.3, -0.25) is 4.90 Å². The standard InChI is InChI=1S/C9H21NO3/c1-9(8-12-3)10(2)4-6-13-7-5-11/h9,11H,4-8H2,1-3H3. The highest BCUT2D eigenvalue weighted by Gasteiger charge is 2.07. The summed E-state index contributed by atoms with van der Waals surface area (Å²) < 4.78 is 10.2. The average Bonchev–Trinajstić information content (AvgIpc) is 2.12. The summed E-state index contributed by atoms with van der Waals surface area (Å²) in [6, 6.07) is 0.405. The molecule has 0 aliphatic rings. The molecule has 0 aromatic rings. The van der Waals surface area contributed by atoms with Gasteiger partial charge in [-0.15, -0.1) is 0 Å². The van der Waals surface area contributed by atoms with Crippen LogP contribution in [0.3, 0.4) is 0 Å². The van der Waals surface area contributed by atoms with Crippen molar-refractivity contribution in [3.05, 3.63) is 0 Å². The van der Waals surface area contributed by atoms with Crippen molar-refractivity contribution >= 4 is 0 Å². The number of rotatable bonds is 8. The lowest BCUT2D eigenvalue weighted by Gasteiger charge is -2.23. The van der Waals surface area contributed by atoms with Crippen LogP contribution >= 0.6 is 0 Å². The number of aliphatic hydroxyl groups is 1. The van der Waals surface area contributed by atoms with E-state index < -0.39 is 0 Å². The van der Waals surface area contributed by atoms with Crippen molar-refractivity contribution in [3.63, 3.8) is 0 Å². The maximum absolute atomic E-state index is 8.47. The summed E-state index contributed by atoms with van der Waals surface area (Å²) in [5, 5.41) is 8.47. The van der Waals surface area contributed by atoms with Crippen molar-refractivity contribution in [1.29, 1.82) is 0 Å². The topological polar surface area (TPSA) is 41.9 Å². The summed E-state index contributed by atoms with van der Waals surface area (Å²) in [6.07, 6.45) is 0. The Balaban J connectivity index is 3.32. The molecule has 0 rings (SSSR count). The van der Waals surface area contributed by atoms with Gasteiger partial charge in [0.15, 0.2) is 0 Å². The summed E-state index contributed by atoms with van der Waals surface area (Å²) in [5.74, 6) is 0. The van der Waals surface area contributed by atoms with Gasteiger partial charge in [0, 0.05) is 19.7 Å². The Labute approximate surface area is 80.4 Å². The predicted molar refractivity (Wildman–Crippen MR) is 51.9 cm³/mol. The van der Waals surface area contributed by atoms with Crippen molar-refractivity contribution < 1.29 is 14.6 Å². The van der Waals surface area contributed by atoms with E-state index in [2.05, 4.69) is 11.8 Å². The molecular weight excluding hydrogens is 170 g/mol. The molecule has 1 atom stereocenters. The lowest BCUT2D eigenvalue weighted by molar-refractivity contribution is 0.0575. The summed E-state index contributed by atoms with van der Waals surface area (Å²) in [7, 11) is 3.73. The van der Waals surface area contributed by atoms with Crippen LogP contribution in [0.4, 0.5) is 0 Å². The molecule has 0 aliphatic heterocycles. The van der Waals surface area contributed by atoms with Crippen molar-refractivity contribution in [2.24, 2.45) is 0 Å². The van der Waals surface area contributed by atoms with Crippen molar-refractivity contribution in [2.75, 3.05) is 47.1 Å². The SMILES string of the molecule is COCC(C)N(C)CCOCCO. The zero-order valence-corrected chi connectivity index (χ0v) is 8.82. The van der Waals surface area contributed by atoms with Crippen LogP contribution < -0.4 is 0 Å². The molecule has 4 nitrogen and oxygen atoms in total. The van der Waals surface area contributed by atoms with E-state index in [0.29, 0.717) is 19.3 Å². The lowest BCUT2D eigenvalue weighted by Crippen LogP contribution is -2.35. The normalized spacial score (nSPS) is 13.6. The molecule has 1 unspecified atom stereocenters. The Morgan fingerprint density at radius 2 is 2.08 bits per heavy atom. The van der Waals surface area contributed by atoms with Gasteiger partial charge in [0.2, 0.25) is 0 Å². The minimum atomic E-state index is 0.0946. The van der Waals surface area contributed by atoms with Crippen LogP contribution in [0.1, 0.15) is 6.92 Å². The summed E-state index contributed by atoms with van der Waals surface area (Å²) >= 11 is 0. The maximum atomic E-state index is 8.47. The Morgan fingerprint density at radius 3 is 2.62 bits per heavy atom. The van der Waals surface area contributed by atoms with E-state index in [4.69, 9.17) is 14.6 Å². The molecule has 1 N–H and O–H groups in total. The molecule has 0 amide bonds. The Kier molecular flexibility index (Phi) is 8.33. The smallest absolute Gasteiger partial charge is 0.0698 e. The van der Waals surface area contributed by atoms with Gasteiger partial charge >= 0.3 is 0 Å². The van der Waals surface area contributed by atoms with Crippen molar-refractivity contribution in [3.8, 4) is 0 Å². The van der Waals surface area contributed by atoms with Gasteiger partial charge in [-0.1, -0.05) is 0 Å². The van der Waals surface area contributed by atoms with Crippen molar-refractivity contribution in [2.45, 2.75) is 13.0 Å². The lowest BCUT2D eigenvalue weighted by atomic mass is 10.3. The first-order valence-electron chi connectivity index (χ1n) is 4.60. The first-order chi connectivity index (χ1) is 6.22. The fourth-order valence-electron chi connectivity index (χ4n) is 0.964. The summed E-state index contributed by atoms with van der Waals surface area (Å²) in [5.41, 5.74) is 0. The van der Waals surface area contributed by atoms with E-state index in [1.807, 2.05) is 7.05 Å². The molecule has 80 valence electrons. The highest BCUT2D eigenvalue weighted by Crippen LogP contribution is 1.94. The number of aliphatic hydroxyl groups excluding tert-OH is 1. The third-order valence-electron chi connectivity index (χ3n) is 1.98. The van der Waals surface area contributed by atoms with E-state index in [0.717, 1.165) is 13.2 Å².